The molecule has 4 aromatic carbocycles. The molecule has 8 amide bonds. The van der Waals surface area contributed by atoms with Crippen molar-refractivity contribution in [2.45, 2.75) is 198 Å². The summed E-state index contributed by atoms with van der Waals surface area (Å²) >= 11 is 2.85. The second kappa shape index (κ2) is 29.9. The first-order valence-electron chi connectivity index (χ1n) is 34.8. The van der Waals surface area contributed by atoms with Crippen LogP contribution in [-0.2, 0) is 0 Å². The molecule has 4 aliphatic heterocycles. The van der Waals surface area contributed by atoms with Crippen molar-refractivity contribution in [2.75, 3.05) is 39.4 Å². The van der Waals surface area contributed by atoms with Gasteiger partial charge in [0.05, 0.1) is 46.6 Å². The van der Waals surface area contributed by atoms with Crippen molar-refractivity contribution in [1.29, 1.82) is 0 Å². The molecule has 16 heteroatoms. The Morgan fingerprint density at radius 3 is 0.859 bits per heavy atom. The van der Waals surface area contributed by atoms with Crippen LogP contribution in [0.2, 0.25) is 0 Å². The highest BCUT2D eigenvalue weighted by atomic mass is 32.1. The fourth-order valence-electron chi connectivity index (χ4n) is 14.1. The average Bonchev–Trinajstić information content (AvgIpc) is 0.839. The van der Waals surface area contributed by atoms with Crippen LogP contribution in [0.1, 0.15) is 281 Å². The minimum Gasteiger partial charge on any atom is -0.493 e. The maximum absolute atomic E-state index is 15.6. The molecule has 0 N–H and O–H groups in total. The molecule has 10 rings (SSSR count). The lowest BCUT2D eigenvalue weighted by atomic mass is 9.82. The molecular formula is C76H94N4O10S2. The first kappa shape index (κ1) is 67.8. The van der Waals surface area contributed by atoms with Gasteiger partial charge in [-0.3, -0.25) is 58.0 Å². The Labute approximate surface area is 551 Å². The molecule has 0 saturated heterocycles. The maximum atomic E-state index is 15.6. The molecule has 14 nitrogen and oxygen atoms in total. The molecular weight excluding hydrogens is 1190 g/mol. The number of hydrogen-bond donors (Lipinski definition) is 0. The van der Waals surface area contributed by atoms with Crippen LogP contribution in [0.4, 0.5) is 0 Å². The third-order valence-electron chi connectivity index (χ3n) is 19.9. The highest BCUT2D eigenvalue weighted by Crippen LogP contribution is 2.52. The lowest BCUT2D eigenvalue weighted by Crippen LogP contribution is -2.46. The lowest BCUT2D eigenvalue weighted by Gasteiger charge is -2.35. The van der Waals surface area contributed by atoms with Gasteiger partial charge in [0.25, 0.3) is 47.3 Å². The van der Waals surface area contributed by atoms with E-state index in [0.717, 1.165) is 125 Å². The zero-order valence-electron chi connectivity index (χ0n) is 56.0. The van der Waals surface area contributed by atoms with Crippen LogP contribution >= 0.6 is 22.7 Å². The zero-order valence-corrected chi connectivity index (χ0v) is 57.6. The van der Waals surface area contributed by atoms with Gasteiger partial charge in [0.15, 0.2) is 0 Å². The van der Waals surface area contributed by atoms with E-state index < -0.39 is 47.3 Å². The van der Waals surface area contributed by atoms with E-state index in [0.29, 0.717) is 57.7 Å². The van der Waals surface area contributed by atoms with E-state index in [2.05, 4.69) is 69.2 Å². The monoisotopic (exact) mass is 1290 g/mol. The summed E-state index contributed by atoms with van der Waals surface area (Å²) in [6, 6.07) is 14.7. The van der Waals surface area contributed by atoms with Crippen molar-refractivity contribution in [3.05, 3.63) is 93.0 Å². The van der Waals surface area contributed by atoms with Crippen molar-refractivity contribution in [1.82, 2.24) is 19.6 Å². The largest absolute Gasteiger partial charge is 0.493 e. The predicted octanol–water partition coefficient (Wildman–Crippen LogP) is 18.7. The molecule has 490 valence electrons. The van der Waals surface area contributed by atoms with E-state index in [1.807, 2.05) is 24.3 Å². The number of hydrogen-bond acceptors (Lipinski definition) is 12. The number of imide groups is 4. The van der Waals surface area contributed by atoms with Gasteiger partial charge in [0, 0.05) is 89.5 Å². The van der Waals surface area contributed by atoms with Gasteiger partial charge in [-0.05, 0) is 111 Å². The smallest absolute Gasteiger partial charge is 0.265 e. The first-order chi connectivity index (χ1) is 44.6. The molecule has 0 radical (unpaired) electrons. The molecule has 0 spiro atoms. The molecule has 4 unspecified atom stereocenters. The van der Waals surface area contributed by atoms with Gasteiger partial charge in [0.1, 0.15) is 11.5 Å². The quantitative estimate of drug-likeness (QED) is 0.0276. The number of unbranched alkanes of at least 4 members (excludes halogenated alkanes) is 6. The van der Waals surface area contributed by atoms with Gasteiger partial charge in [-0.1, -0.05) is 159 Å². The van der Waals surface area contributed by atoms with E-state index in [4.69, 9.17) is 9.47 Å². The average molecular weight is 1290 g/mol. The summed E-state index contributed by atoms with van der Waals surface area (Å²) in [5, 5.41) is 1.15. The van der Waals surface area contributed by atoms with Gasteiger partial charge in [-0.15, -0.1) is 22.7 Å². The molecule has 6 heterocycles. The third kappa shape index (κ3) is 12.8. The molecule has 4 atom stereocenters. The second-order valence-corrected chi connectivity index (χ2v) is 28.2. The minimum absolute atomic E-state index is 0.0477. The molecule has 0 aliphatic carbocycles. The summed E-state index contributed by atoms with van der Waals surface area (Å²) in [7, 11) is 0. The fraction of sp³-hybridized carbons (Fsp3) is 0.526. The van der Waals surface area contributed by atoms with Crippen LogP contribution in [0.3, 0.4) is 0 Å². The van der Waals surface area contributed by atoms with E-state index in [1.165, 1.54) is 42.3 Å². The minimum atomic E-state index is -0.488. The number of thiophene rings is 2. The molecule has 6 aromatic rings. The van der Waals surface area contributed by atoms with E-state index in [-0.39, 0.29) is 117 Å². The van der Waals surface area contributed by atoms with Gasteiger partial charge in [-0.25, -0.2) is 0 Å². The van der Waals surface area contributed by atoms with Crippen LogP contribution in [0.5, 0.6) is 11.5 Å². The Hall–Kier alpha value is -7.04. The van der Waals surface area contributed by atoms with Crippen molar-refractivity contribution < 1.29 is 47.8 Å². The van der Waals surface area contributed by atoms with Crippen molar-refractivity contribution in [3.63, 3.8) is 0 Å². The summed E-state index contributed by atoms with van der Waals surface area (Å²) in [6.07, 6.45) is 17.2. The first-order valence-corrected chi connectivity index (χ1v) is 36.5. The highest BCUT2D eigenvalue weighted by Gasteiger charge is 2.47. The number of carbonyl (C=O) groups excluding carboxylic acids is 8. The van der Waals surface area contributed by atoms with Gasteiger partial charge in [0.2, 0.25) is 0 Å². The van der Waals surface area contributed by atoms with Crippen molar-refractivity contribution in [2.24, 2.45) is 23.7 Å². The summed E-state index contributed by atoms with van der Waals surface area (Å²) in [5.74, 6) is -3.14. The third-order valence-corrected chi connectivity index (χ3v) is 22.3. The number of benzene rings is 4. The molecule has 0 bridgehead atoms. The summed E-state index contributed by atoms with van der Waals surface area (Å²) in [4.78, 5) is 131. The van der Waals surface area contributed by atoms with Crippen LogP contribution < -0.4 is 9.47 Å². The zero-order chi connectivity index (χ0) is 65.7. The van der Waals surface area contributed by atoms with Crippen LogP contribution in [0.25, 0.3) is 52.2 Å². The number of amides is 8. The highest BCUT2D eigenvalue weighted by molar-refractivity contribution is 7.25. The SMILES string of the molecule is CCCCOc1cc2c3c(c(-c4ccc(-c5ccc(-c6cc7c8c(c(OCCCC)cc9c8c6C(=O)N(CC(CC)CCCC)C9=O)C(=O)N(CC(CC)CCCC)C7=O)s5)s4)cc4c3c1C(=O)N(CC(CC)CCCC)C4=O)C(=O)N(CC(CC)CCCC)C2=O. The Morgan fingerprint density at radius 1 is 0.315 bits per heavy atom. The van der Waals surface area contributed by atoms with E-state index in [1.54, 1.807) is 24.3 Å². The molecule has 2 aromatic heterocycles. The maximum Gasteiger partial charge on any atom is 0.265 e. The number of carbonyl (C=O) groups is 8. The fourth-order valence-corrected chi connectivity index (χ4v) is 16.3. The normalized spacial score (nSPS) is 15.9. The molecule has 0 fully saturated rings. The van der Waals surface area contributed by atoms with E-state index in [9.17, 15) is 0 Å². The topological polar surface area (TPSA) is 168 Å². The Bertz CT molecular complexity index is 3590. The number of rotatable bonds is 35. The predicted molar refractivity (Wildman–Crippen MR) is 369 cm³/mol. The van der Waals surface area contributed by atoms with Gasteiger partial charge < -0.3 is 9.47 Å². The van der Waals surface area contributed by atoms with Crippen LogP contribution in [0, 0.1) is 23.7 Å². The second-order valence-electron chi connectivity index (χ2n) is 26.1. The summed E-state index contributed by atoms with van der Waals surface area (Å²) in [6.45, 7) is 22.4. The number of nitrogens with zero attached hydrogens (tertiary/aromatic N) is 4. The van der Waals surface area contributed by atoms with E-state index >= 15 is 38.4 Å². The van der Waals surface area contributed by atoms with Gasteiger partial charge >= 0.3 is 0 Å². The van der Waals surface area contributed by atoms with Crippen LogP contribution in [0.15, 0.2) is 48.5 Å². The summed E-state index contributed by atoms with van der Waals surface area (Å²) < 4.78 is 13.0. The Morgan fingerprint density at radius 2 is 0.576 bits per heavy atom. The standard InChI is InChI=1S/C76H94N4O10S2/c1-11-21-27-45(17-7)41-77-71(83)53-39-55(89-35-25-15-5)67-63-51(69(81)79(75(67)87)43-47(19-9)29-23-13-3)37-49(65(61(53)63)73(77)85)57-31-33-59(91-57)60-34-32-58(92-60)50-38-52-64-62-54(72(84)78(74(86)66(50)62)42-46(18-8)28-22-12-2)40-56(90-36-26-16-6)68(64)76(88)80(70(52)82)44-48(20-10)30-24-14-4/h31-34,37-40,45-48H,11-30,35-36,41-44H2,1-10H3. The lowest BCUT2D eigenvalue weighted by molar-refractivity contribution is 0.0556. The summed E-state index contributed by atoms with van der Waals surface area (Å²) in [5.41, 5.74) is 2.81. The van der Waals surface area contributed by atoms with Crippen molar-refractivity contribution >= 4 is 91.5 Å². The Balaban J connectivity index is 1.15. The van der Waals surface area contributed by atoms with Crippen LogP contribution in [-0.4, -0.2) is 106 Å². The molecule has 92 heavy (non-hydrogen) atoms. The molecule has 4 aliphatic rings. The molecule has 0 saturated carbocycles. The Kier molecular flexibility index (Phi) is 22.1. The number of ether oxygens (including phenoxy) is 2. The van der Waals surface area contributed by atoms with Crippen molar-refractivity contribution in [3.8, 4) is 42.1 Å². The van der Waals surface area contributed by atoms with Gasteiger partial charge in [-0.2, -0.15) is 0 Å².